The van der Waals surface area contributed by atoms with Crippen molar-refractivity contribution in [2.75, 3.05) is 14.7 Å². The van der Waals surface area contributed by atoms with Crippen molar-refractivity contribution in [1.82, 2.24) is 29.9 Å². The zero-order valence-corrected chi connectivity index (χ0v) is 57.1. The van der Waals surface area contributed by atoms with E-state index in [1.54, 1.807) is 35.3 Å². The minimum atomic E-state index is 0.522. The number of fused-ring (bicyclic) bond motifs is 6. The van der Waals surface area contributed by atoms with Crippen LogP contribution in [-0.4, -0.2) is 29.9 Å². The van der Waals surface area contributed by atoms with E-state index in [0.29, 0.717) is 17.5 Å². The van der Waals surface area contributed by atoms with Crippen LogP contribution in [0.5, 0.6) is 0 Å². The Hall–Kier alpha value is -12.5. The van der Waals surface area contributed by atoms with Crippen LogP contribution in [0, 0.1) is 0 Å². The first kappa shape index (κ1) is 60.7. The summed E-state index contributed by atoms with van der Waals surface area (Å²) in [6, 6.07) is 110. The van der Waals surface area contributed by atoms with Gasteiger partial charge in [-0.25, -0.2) is 29.9 Å². The smallest absolute Gasteiger partial charge is 0.159 e. The lowest BCUT2D eigenvalue weighted by atomic mass is 10.0. The van der Waals surface area contributed by atoms with Gasteiger partial charge in [-0.05, 0) is 158 Å². The van der Waals surface area contributed by atoms with Crippen molar-refractivity contribution in [3.8, 4) is 101 Å². The maximum absolute atomic E-state index is 5.25. The van der Waals surface area contributed by atoms with E-state index in [1.807, 2.05) is 37.2 Å². The Kier molecular flexibility index (Phi) is 15.5. The molecule has 16 aromatic rings. The molecule has 0 radical (unpaired) electrons. The van der Waals surface area contributed by atoms with Crippen LogP contribution in [0.2, 0.25) is 0 Å². The fourth-order valence-corrected chi connectivity index (χ4v) is 17.3. The molecule has 0 spiro atoms. The Morgan fingerprint density at radius 3 is 0.520 bits per heavy atom. The average Bonchev–Trinajstić information content (AvgIpc) is 0.759. The van der Waals surface area contributed by atoms with Gasteiger partial charge in [-0.2, -0.15) is 0 Å². The summed E-state index contributed by atoms with van der Waals surface area (Å²) in [6.07, 6.45) is 11.6. The SMILES string of the molecule is c1ccc(-c2ccc3c(c2)Sc2cc(-c4ccccc4)ccc2N3c2cnc(-c3cc(-c4ncc(N5c6ccc(-c7ccccc7)cc6Sc6cc(-c7ccccc7)ccc65)cn4)cc(-c4ncc(N5c6ccc(-c7ccccc7)cc6Sc6cc(-c7ccccc7)ccc65)cn4)c3)nc2)cc1. The zero-order chi connectivity index (χ0) is 67.5. The van der Waals surface area contributed by atoms with Gasteiger partial charge in [0.25, 0.3) is 0 Å². The Balaban J connectivity index is 0.719. The third kappa shape index (κ3) is 11.4. The normalized spacial score (nSPS) is 12.5. The molecule has 3 aliphatic rings. The van der Waals surface area contributed by atoms with Crippen molar-refractivity contribution in [2.45, 2.75) is 29.4 Å². The Labute approximate surface area is 603 Å². The second-order valence-corrected chi connectivity index (χ2v) is 28.4. The molecule has 0 aliphatic carbocycles. The monoisotopic (exact) mass is 1360 g/mol. The summed E-state index contributed by atoms with van der Waals surface area (Å²) in [5, 5.41) is 0. The van der Waals surface area contributed by atoms with Gasteiger partial charge < -0.3 is 14.7 Å². The first-order valence-corrected chi connectivity index (χ1v) is 36.2. The van der Waals surface area contributed by atoms with Gasteiger partial charge in [-0.1, -0.05) is 254 Å². The quantitative estimate of drug-likeness (QED) is 0.117. The van der Waals surface area contributed by atoms with Crippen LogP contribution in [0.15, 0.2) is 376 Å². The molecule has 3 aliphatic heterocycles. The third-order valence-electron chi connectivity index (χ3n) is 18.9. The molecule has 102 heavy (non-hydrogen) atoms. The number of anilines is 9. The molecule has 0 saturated heterocycles. The Morgan fingerprint density at radius 2 is 0.343 bits per heavy atom. The van der Waals surface area contributed by atoms with Crippen molar-refractivity contribution >= 4 is 86.5 Å². The van der Waals surface area contributed by atoms with E-state index in [0.717, 1.165) is 164 Å². The second kappa shape index (κ2) is 26.0. The molecule has 0 N–H and O–H groups in total. The molecular weight excluding hydrogens is 1300 g/mol. The van der Waals surface area contributed by atoms with E-state index in [1.165, 1.54) is 0 Å². The van der Waals surface area contributed by atoms with E-state index in [2.05, 4.69) is 324 Å². The molecule has 0 amide bonds. The number of aromatic nitrogens is 6. The highest BCUT2D eigenvalue weighted by Crippen LogP contribution is 2.57. The summed E-state index contributed by atoms with van der Waals surface area (Å²) in [5.74, 6) is 1.56. The van der Waals surface area contributed by atoms with Gasteiger partial charge in [0.2, 0.25) is 0 Å². The van der Waals surface area contributed by atoms with Crippen molar-refractivity contribution in [3.63, 3.8) is 0 Å². The summed E-state index contributed by atoms with van der Waals surface area (Å²) < 4.78 is 0. The zero-order valence-electron chi connectivity index (χ0n) is 54.7. The summed E-state index contributed by atoms with van der Waals surface area (Å²) in [6.45, 7) is 0. The highest BCUT2D eigenvalue weighted by atomic mass is 32.2. The standard InChI is InChI=1S/C90H57N9S3/c1-7-19-58(20-8-1)64-31-37-76-82(46-64)100-83-47-65(59-21-9-2-10-22-59)32-38-77(83)97(76)73-52-91-88(92-53-73)70-43-71(89-93-54-74(55-94-89)98-78-39-33-66(60-23-11-3-12-24-60)48-84(78)101-85-49-67(34-40-79(85)98)61-25-13-4-14-26-61)45-72(44-70)90-95-56-75(57-96-90)99-80-41-35-68(62-27-15-5-16-28-62)50-86(80)102-87-51-69(36-42-81(87)99)63-29-17-6-18-30-63/h1-57H. The molecule has 12 heteroatoms. The van der Waals surface area contributed by atoms with E-state index in [-0.39, 0.29) is 0 Å². The molecule has 6 heterocycles. The Morgan fingerprint density at radius 1 is 0.167 bits per heavy atom. The molecule has 3 aromatic heterocycles. The predicted octanol–water partition coefficient (Wildman–Crippen LogP) is 24.9. The summed E-state index contributed by atoms with van der Waals surface area (Å²) in [7, 11) is 0. The largest absolute Gasteiger partial charge is 0.305 e. The molecule has 0 unspecified atom stereocenters. The minimum absolute atomic E-state index is 0.522. The molecule has 19 rings (SSSR count). The maximum atomic E-state index is 5.25. The van der Waals surface area contributed by atoms with Gasteiger partial charge in [-0.3, -0.25) is 0 Å². The fraction of sp³-hybridized carbons (Fsp3) is 0. The molecular formula is C90H57N9S3. The number of hydrogen-bond donors (Lipinski definition) is 0. The van der Waals surface area contributed by atoms with Crippen molar-refractivity contribution in [2.24, 2.45) is 0 Å². The lowest BCUT2D eigenvalue weighted by Crippen LogP contribution is -2.16. The lowest BCUT2D eigenvalue weighted by molar-refractivity contribution is 1.10. The van der Waals surface area contributed by atoms with Crippen molar-refractivity contribution in [3.05, 3.63) is 347 Å². The van der Waals surface area contributed by atoms with Crippen LogP contribution in [0.1, 0.15) is 0 Å². The van der Waals surface area contributed by atoms with Crippen molar-refractivity contribution in [1.29, 1.82) is 0 Å². The van der Waals surface area contributed by atoms with Crippen molar-refractivity contribution < 1.29 is 0 Å². The maximum Gasteiger partial charge on any atom is 0.159 e. The molecule has 0 fully saturated rings. The van der Waals surface area contributed by atoms with Gasteiger partial charge in [0.05, 0.1) is 88.4 Å². The predicted molar refractivity (Wildman–Crippen MR) is 419 cm³/mol. The van der Waals surface area contributed by atoms with Gasteiger partial charge in [-0.15, -0.1) is 0 Å². The topological polar surface area (TPSA) is 87.1 Å². The molecule has 9 nitrogen and oxygen atoms in total. The molecule has 0 saturated carbocycles. The highest BCUT2D eigenvalue weighted by Gasteiger charge is 2.31. The van der Waals surface area contributed by atoms with E-state index < -0.39 is 0 Å². The van der Waals surface area contributed by atoms with Gasteiger partial charge in [0, 0.05) is 46.1 Å². The van der Waals surface area contributed by atoms with Gasteiger partial charge >= 0.3 is 0 Å². The summed E-state index contributed by atoms with van der Waals surface area (Å²) >= 11 is 5.37. The Bertz CT molecular complexity index is 4990. The second-order valence-electron chi connectivity index (χ2n) is 25.2. The summed E-state index contributed by atoms with van der Waals surface area (Å²) in [5.41, 5.74) is 24.9. The van der Waals surface area contributed by atoms with E-state index >= 15 is 0 Å². The molecule has 480 valence electrons. The molecule has 0 atom stereocenters. The van der Waals surface area contributed by atoms with Crippen LogP contribution in [0.4, 0.5) is 51.2 Å². The number of hydrogen-bond acceptors (Lipinski definition) is 12. The van der Waals surface area contributed by atoms with Crippen LogP contribution < -0.4 is 14.7 Å². The number of rotatable bonds is 12. The van der Waals surface area contributed by atoms with E-state index in [9.17, 15) is 0 Å². The van der Waals surface area contributed by atoms with Gasteiger partial charge in [0.1, 0.15) is 0 Å². The van der Waals surface area contributed by atoms with Gasteiger partial charge in [0.15, 0.2) is 17.5 Å². The average molecular weight is 1360 g/mol. The minimum Gasteiger partial charge on any atom is -0.305 e. The highest BCUT2D eigenvalue weighted by molar-refractivity contribution is 8.00. The van der Waals surface area contributed by atoms with Crippen LogP contribution in [-0.2, 0) is 0 Å². The van der Waals surface area contributed by atoms with Crippen LogP contribution in [0.25, 0.3) is 101 Å². The number of benzene rings is 13. The fourth-order valence-electron chi connectivity index (χ4n) is 13.9. The first-order chi connectivity index (χ1) is 50.5. The third-order valence-corrected chi connectivity index (χ3v) is 22.2. The molecule has 13 aromatic carbocycles. The molecule has 0 bridgehead atoms. The number of nitrogens with zero attached hydrogens (tertiary/aromatic N) is 9. The lowest BCUT2D eigenvalue weighted by Gasteiger charge is -2.33. The summed E-state index contributed by atoms with van der Waals surface area (Å²) in [4.78, 5) is 45.2. The van der Waals surface area contributed by atoms with E-state index in [4.69, 9.17) is 29.9 Å². The van der Waals surface area contributed by atoms with Crippen LogP contribution >= 0.6 is 35.3 Å². The first-order valence-electron chi connectivity index (χ1n) is 33.7. The van der Waals surface area contributed by atoms with Crippen LogP contribution in [0.3, 0.4) is 0 Å².